The lowest BCUT2D eigenvalue weighted by molar-refractivity contribution is -0.206. The van der Waals surface area contributed by atoms with E-state index in [0.717, 1.165) is 32.1 Å². The molecule has 7 nitrogen and oxygen atoms in total. The highest BCUT2D eigenvalue weighted by Gasteiger charge is 2.44. The first-order valence-electron chi connectivity index (χ1n) is 7.72. The first-order valence-corrected chi connectivity index (χ1v) is 7.72. The van der Waals surface area contributed by atoms with Crippen LogP contribution in [0.25, 0.3) is 0 Å². The molecule has 0 amide bonds. The summed E-state index contributed by atoms with van der Waals surface area (Å²) < 4.78 is 9.86. The van der Waals surface area contributed by atoms with Crippen molar-refractivity contribution >= 4 is 17.9 Å². The highest BCUT2D eigenvalue weighted by Crippen LogP contribution is 2.23. The van der Waals surface area contributed by atoms with Gasteiger partial charge in [0.15, 0.2) is 5.60 Å². The molecule has 0 aromatic heterocycles. The van der Waals surface area contributed by atoms with Crippen LogP contribution in [0.2, 0.25) is 0 Å². The number of carboxylic acids is 1. The molecule has 0 saturated carbocycles. The Morgan fingerprint density at radius 3 is 2.09 bits per heavy atom. The lowest BCUT2D eigenvalue weighted by atomic mass is 9.95. The van der Waals surface area contributed by atoms with E-state index >= 15 is 0 Å². The SMILES string of the molecule is CCCCCCCCC1OC(=O)CC(O)(C(=O)O)CC(=O)O1. The van der Waals surface area contributed by atoms with Gasteiger partial charge < -0.3 is 19.7 Å². The minimum absolute atomic E-state index is 0.384. The number of carbonyl (C=O) groups is 3. The van der Waals surface area contributed by atoms with E-state index in [1.807, 2.05) is 0 Å². The molecule has 126 valence electrons. The van der Waals surface area contributed by atoms with Crippen LogP contribution >= 0.6 is 0 Å². The Bertz CT molecular complexity index is 385. The first-order chi connectivity index (χ1) is 10.4. The van der Waals surface area contributed by atoms with Crippen LogP contribution in [0.1, 0.15) is 64.7 Å². The predicted molar refractivity (Wildman–Crippen MR) is 75.8 cm³/mol. The maximum atomic E-state index is 11.6. The number of unbranched alkanes of at least 4 members (excludes halogenated alkanes) is 5. The second-order valence-corrected chi connectivity index (χ2v) is 5.66. The number of aliphatic carboxylic acids is 1. The first kappa shape index (κ1) is 18.4. The second-order valence-electron chi connectivity index (χ2n) is 5.66. The van der Waals surface area contributed by atoms with Crippen molar-refractivity contribution in [2.75, 3.05) is 0 Å². The molecule has 0 aromatic carbocycles. The summed E-state index contributed by atoms with van der Waals surface area (Å²) in [5.74, 6) is -3.41. The predicted octanol–water partition coefficient (Wildman–Crippen LogP) is 1.76. The molecule has 0 spiro atoms. The fourth-order valence-electron chi connectivity index (χ4n) is 2.30. The molecule has 2 N–H and O–H groups in total. The third kappa shape index (κ3) is 6.01. The fraction of sp³-hybridized carbons (Fsp3) is 0.800. The van der Waals surface area contributed by atoms with Gasteiger partial charge in [0, 0.05) is 6.42 Å². The lowest BCUT2D eigenvalue weighted by Gasteiger charge is -2.27. The highest BCUT2D eigenvalue weighted by molar-refractivity contribution is 5.89. The van der Waals surface area contributed by atoms with Crippen LogP contribution < -0.4 is 0 Å². The minimum Gasteiger partial charge on any atom is -0.479 e. The number of aliphatic hydroxyl groups is 1. The Morgan fingerprint density at radius 2 is 1.59 bits per heavy atom. The Balaban J connectivity index is 2.44. The average Bonchev–Trinajstić information content (AvgIpc) is 2.40. The van der Waals surface area contributed by atoms with Crippen molar-refractivity contribution in [3.05, 3.63) is 0 Å². The molecule has 1 aliphatic heterocycles. The fourth-order valence-corrected chi connectivity index (χ4v) is 2.30. The van der Waals surface area contributed by atoms with E-state index < -0.39 is 42.6 Å². The van der Waals surface area contributed by atoms with Crippen molar-refractivity contribution in [1.29, 1.82) is 0 Å². The topological polar surface area (TPSA) is 110 Å². The lowest BCUT2D eigenvalue weighted by Crippen LogP contribution is -2.46. The zero-order valence-corrected chi connectivity index (χ0v) is 12.9. The van der Waals surface area contributed by atoms with Gasteiger partial charge in [-0.3, -0.25) is 9.59 Å². The van der Waals surface area contributed by atoms with Crippen molar-refractivity contribution in [3.8, 4) is 0 Å². The van der Waals surface area contributed by atoms with E-state index in [1.165, 1.54) is 6.42 Å². The molecule has 1 saturated heterocycles. The third-order valence-electron chi connectivity index (χ3n) is 3.59. The van der Waals surface area contributed by atoms with Crippen molar-refractivity contribution in [1.82, 2.24) is 0 Å². The van der Waals surface area contributed by atoms with Crippen molar-refractivity contribution in [3.63, 3.8) is 0 Å². The quantitative estimate of drug-likeness (QED) is 0.518. The summed E-state index contributed by atoms with van der Waals surface area (Å²) in [5.41, 5.74) is -2.46. The Hall–Kier alpha value is -1.63. The third-order valence-corrected chi connectivity index (χ3v) is 3.59. The molecule has 7 heteroatoms. The van der Waals surface area contributed by atoms with Gasteiger partial charge in [-0.25, -0.2) is 4.79 Å². The van der Waals surface area contributed by atoms with Gasteiger partial charge in [0.25, 0.3) is 0 Å². The summed E-state index contributed by atoms with van der Waals surface area (Å²) in [5, 5.41) is 18.7. The minimum atomic E-state index is -2.46. The van der Waals surface area contributed by atoms with E-state index in [2.05, 4.69) is 6.92 Å². The van der Waals surface area contributed by atoms with Gasteiger partial charge in [-0.2, -0.15) is 0 Å². The zero-order valence-electron chi connectivity index (χ0n) is 12.9. The molecule has 0 unspecified atom stereocenters. The van der Waals surface area contributed by atoms with Gasteiger partial charge in [0.2, 0.25) is 6.29 Å². The summed E-state index contributed by atoms with van der Waals surface area (Å²) in [7, 11) is 0. The van der Waals surface area contributed by atoms with Crippen molar-refractivity contribution in [2.45, 2.75) is 76.6 Å². The van der Waals surface area contributed by atoms with Crippen LogP contribution in [0.5, 0.6) is 0 Å². The van der Waals surface area contributed by atoms with Gasteiger partial charge in [-0.1, -0.05) is 39.0 Å². The summed E-state index contributed by atoms with van der Waals surface area (Å²) in [6, 6.07) is 0. The number of rotatable bonds is 8. The summed E-state index contributed by atoms with van der Waals surface area (Å²) in [6.45, 7) is 2.13. The van der Waals surface area contributed by atoms with Crippen LogP contribution in [-0.2, 0) is 23.9 Å². The van der Waals surface area contributed by atoms with Crippen molar-refractivity contribution in [2.24, 2.45) is 0 Å². The average molecular weight is 316 g/mol. The standard InChI is InChI=1S/C15H24O7/c1-2-3-4-5-6-7-8-13-21-11(16)9-15(20,14(18)19)10-12(17)22-13/h13,20H,2-10H2,1H3,(H,18,19). The second kappa shape index (κ2) is 8.73. The van der Waals surface area contributed by atoms with E-state index in [4.69, 9.17) is 14.6 Å². The van der Waals surface area contributed by atoms with Crippen LogP contribution in [0.3, 0.4) is 0 Å². The molecule has 1 aliphatic rings. The maximum absolute atomic E-state index is 11.6. The van der Waals surface area contributed by atoms with Gasteiger partial charge in [-0.05, 0) is 6.42 Å². The number of hydrogen-bond acceptors (Lipinski definition) is 6. The number of cyclic esters (lactones) is 2. The monoisotopic (exact) mass is 316 g/mol. The van der Waals surface area contributed by atoms with E-state index in [-0.39, 0.29) is 0 Å². The van der Waals surface area contributed by atoms with Crippen LogP contribution in [0, 0.1) is 0 Å². The number of ether oxygens (including phenoxy) is 2. The molecule has 22 heavy (non-hydrogen) atoms. The van der Waals surface area contributed by atoms with E-state index in [9.17, 15) is 19.5 Å². The summed E-state index contributed by atoms with van der Waals surface area (Å²) in [6.07, 6.45) is 4.12. The van der Waals surface area contributed by atoms with E-state index in [0.29, 0.717) is 6.42 Å². The van der Waals surface area contributed by atoms with Gasteiger partial charge in [-0.15, -0.1) is 0 Å². The van der Waals surface area contributed by atoms with Gasteiger partial charge in [0.1, 0.15) is 0 Å². The summed E-state index contributed by atoms with van der Waals surface area (Å²) >= 11 is 0. The molecule has 0 bridgehead atoms. The molecular weight excluding hydrogens is 292 g/mol. The van der Waals surface area contributed by atoms with Gasteiger partial charge >= 0.3 is 17.9 Å². The molecule has 0 aromatic rings. The molecule has 1 heterocycles. The Labute approximate surface area is 129 Å². The smallest absolute Gasteiger partial charge is 0.336 e. The number of carbonyl (C=O) groups excluding carboxylic acids is 2. The highest BCUT2D eigenvalue weighted by atomic mass is 16.7. The summed E-state index contributed by atoms with van der Waals surface area (Å²) in [4.78, 5) is 34.2. The van der Waals surface area contributed by atoms with Crippen LogP contribution in [0.15, 0.2) is 0 Å². The number of hydrogen-bond donors (Lipinski definition) is 2. The van der Waals surface area contributed by atoms with E-state index in [1.54, 1.807) is 0 Å². The van der Waals surface area contributed by atoms with Crippen LogP contribution in [0.4, 0.5) is 0 Å². The molecular formula is C15H24O7. The maximum Gasteiger partial charge on any atom is 0.336 e. The molecule has 0 radical (unpaired) electrons. The number of carboxylic acid groups (broad SMARTS) is 1. The van der Waals surface area contributed by atoms with Crippen molar-refractivity contribution < 1.29 is 34.1 Å². The largest absolute Gasteiger partial charge is 0.479 e. The molecule has 1 fully saturated rings. The Morgan fingerprint density at radius 1 is 1.09 bits per heavy atom. The van der Waals surface area contributed by atoms with Gasteiger partial charge in [0.05, 0.1) is 12.8 Å². The molecule has 0 aliphatic carbocycles. The molecule has 1 rings (SSSR count). The Kier molecular flexibility index (Phi) is 7.31. The van der Waals surface area contributed by atoms with Crippen LogP contribution in [-0.4, -0.2) is 40.0 Å². The molecule has 0 atom stereocenters. The number of esters is 2. The zero-order chi connectivity index (χ0) is 16.6. The normalized spacial score (nSPS) is 25.8.